The largest absolute Gasteiger partial charge is 0.444 e. The van der Waals surface area contributed by atoms with Crippen LogP contribution in [0, 0.1) is 19.8 Å². The second-order valence-corrected chi connectivity index (χ2v) is 11.9. The summed E-state index contributed by atoms with van der Waals surface area (Å²) in [5.74, 6) is -0.577. The molecule has 0 bridgehead atoms. The maximum absolute atomic E-state index is 14.4. The molecule has 0 fully saturated rings. The molecule has 0 aliphatic heterocycles. The average Bonchev–Trinajstić information content (AvgIpc) is 2.84. The van der Waals surface area contributed by atoms with E-state index in [1.807, 2.05) is 39.8 Å². The number of nitrogens with zero attached hydrogens (tertiary/aromatic N) is 1. The number of carbonyl (C=O) groups excluding carboxylic acids is 3. The van der Waals surface area contributed by atoms with Gasteiger partial charge in [-0.3, -0.25) is 9.59 Å². The van der Waals surface area contributed by atoms with E-state index < -0.39 is 23.8 Å². The van der Waals surface area contributed by atoms with Gasteiger partial charge in [0.15, 0.2) is 0 Å². The monoisotopic (exact) mass is 545 g/mol. The molecule has 0 aliphatic rings. The SMILES string of the molecule is CCCCCCCN(C(=O)C(NC(=O)OC(C)(C)C)C(C)CC)C(C(=O)NCCCC)c1cc(C)cc(C)c1. The second-order valence-electron chi connectivity index (χ2n) is 11.9. The Morgan fingerprint density at radius 1 is 0.897 bits per heavy atom. The van der Waals surface area contributed by atoms with E-state index >= 15 is 0 Å². The Morgan fingerprint density at radius 2 is 1.49 bits per heavy atom. The Kier molecular flexibility index (Phi) is 15.2. The molecule has 1 rings (SSSR count). The first-order chi connectivity index (χ1) is 18.3. The van der Waals surface area contributed by atoms with Crippen molar-refractivity contribution in [2.75, 3.05) is 13.1 Å². The van der Waals surface area contributed by atoms with E-state index in [9.17, 15) is 14.4 Å². The Bertz CT molecular complexity index is 889. The summed E-state index contributed by atoms with van der Waals surface area (Å²) in [5, 5.41) is 5.93. The van der Waals surface area contributed by atoms with E-state index in [1.54, 1.807) is 25.7 Å². The van der Waals surface area contributed by atoms with E-state index in [-0.39, 0.29) is 17.7 Å². The van der Waals surface area contributed by atoms with Crippen LogP contribution in [0.5, 0.6) is 0 Å². The van der Waals surface area contributed by atoms with Crippen molar-refractivity contribution < 1.29 is 19.1 Å². The first kappa shape index (κ1) is 34.5. The topological polar surface area (TPSA) is 87.7 Å². The first-order valence-electron chi connectivity index (χ1n) is 15.0. The number of hydrogen-bond donors (Lipinski definition) is 2. The Labute approximate surface area is 237 Å². The highest BCUT2D eigenvalue weighted by molar-refractivity contribution is 5.92. The maximum Gasteiger partial charge on any atom is 0.408 e. The highest BCUT2D eigenvalue weighted by Crippen LogP contribution is 2.27. The van der Waals surface area contributed by atoms with Gasteiger partial charge in [0.2, 0.25) is 11.8 Å². The standard InChI is InChI=1S/C32H55N3O4/c1-10-13-15-16-17-19-35(30(37)27(25(6)12-3)34-31(38)39-32(7,8)9)28(29(36)33-18-14-11-2)26-21-23(4)20-24(5)22-26/h20-22,25,27-28H,10-19H2,1-9H3,(H,33,36)(H,34,38). The number of aryl methyl sites for hydroxylation is 2. The predicted molar refractivity (Wildman–Crippen MR) is 160 cm³/mol. The minimum Gasteiger partial charge on any atom is -0.444 e. The molecule has 3 amide bonds. The van der Waals surface area contributed by atoms with Crippen molar-refractivity contribution in [1.29, 1.82) is 0 Å². The van der Waals surface area contributed by atoms with Crippen molar-refractivity contribution in [3.8, 4) is 0 Å². The molecular weight excluding hydrogens is 490 g/mol. The number of benzene rings is 1. The summed E-state index contributed by atoms with van der Waals surface area (Å²) in [5.41, 5.74) is 2.19. The van der Waals surface area contributed by atoms with E-state index in [2.05, 4.69) is 30.5 Å². The third kappa shape index (κ3) is 12.4. The Hall–Kier alpha value is -2.57. The van der Waals surface area contributed by atoms with Gasteiger partial charge in [0, 0.05) is 13.1 Å². The summed E-state index contributed by atoms with van der Waals surface area (Å²) in [4.78, 5) is 42.6. The lowest BCUT2D eigenvalue weighted by Gasteiger charge is -2.36. The molecule has 0 aliphatic carbocycles. The molecule has 0 spiro atoms. The fraction of sp³-hybridized carbons (Fsp3) is 0.719. The van der Waals surface area contributed by atoms with E-state index in [4.69, 9.17) is 4.74 Å². The van der Waals surface area contributed by atoms with Crippen LogP contribution in [0.2, 0.25) is 0 Å². The minimum atomic E-state index is -0.808. The zero-order chi connectivity index (χ0) is 29.6. The van der Waals surface area contributed by atoms with Crippen LogP contribution in [0.15, 0.2) is 18.2 Å². The van der Waals surface area contributed by atoms with E-state index in [1.165, 1.54) is 0 Å². The molecular formula is C32H55N3O4. The van der Waals surface area contributed by atoms with Crippen molar-refractivity contribution in [2.24, 2.45) is 5.92 Å². The summed E-state index contributed by atoms with van der Waals surface area (Å²) >= 11 is 0. The normalized spacial score (nSPS) is 13.8. The highest BCUT2D eigenvalue weighted by atomic mass is 16.6. The maximum atomic E-state index is 14.4. The Balaban J connectivity index is 3.53. The Morgan fingerprint density at radius 3 is 2.03 bits per heavy atom. The molecule has 1 aromatic carbocycles. The van der Waals surface area contributed by atoms with Gasteiger partial charge < -0.3 is 20.3 Å². The van der Waals surface area contributed by atoms with Gasteiger partial charge in [0.05, 0.1) is 0 Å². The average molecular weight is 546 g/mol. The molecule has 2 N–H and O–H groups in total. The van der Waals surface area contributed by atoms with E-state index in [0.717, 1.165) is 61.6 Å². The quantitative estimate of drug-likeness (QED) is 0.219. The fourth-order valence-corrected chi connectivity index (χ4v) is 4.67. The molecule has 3 atom stereocenters. The molecule has 0 saturated carbocycles. The number of alkyl carbamates (subject to hydrolysis) is 1. The first-order valence-corrected chi connectivity index (χ1v) is 15.0. The molecule has 222 valence electrons. The summed E-state index contributed by atoms with van der Waals surface area (Å²) in [6, 6.07) is 4.46. The predicted octanol–water partition coefficient (Wildman–Crippen LogP) is 7.00. The molecule has 0 saturated heterocycles. The summed E-state index contributed by atoms with van der Waals surface area (Å²) in [6.07, 6.45) is 7.01. The number of hydrogen-bond acceptors (Lipinski definition) is 4. The number of ether oxygens (including phenoxy) is 1. The summed E-state index contributed by atoms with van der Waals surface area (Å²) < 4.78 is 5.51. The van der Waals surface area contributed by atoms with Crippen LogP contribution in [0.3, 0.4) is 0 Å². The smallest absolute Gasteiger partial charge is 0.408 e. The molecule has 39 heavy (non-hydrogen) atoms. The van der Waals surface area contributed by atoms with Crippen LogP contribution in [0.4, 0.5) is 4.79 Å². The van der Waals surface area contributed by atoms with Crippen LogP contribution in [0.25, 0.3) is 0 Å². The molecule has 7 nitrogen and oxygen atoms in total. The van der Waals surface area contributed by atoms with Crippen LogP contribution in [-0.4, -0.2) is 47.5 Å². The lowest BCUT2D eigenvalue weighted by atomic mass is 9.94. The molecule has 0 heterocycles. The molecule has 0 radical (unpaired) electrons. The highest BCUT2D eigenvalue weighted by Gasteiger charge is 2.38. The number of carbonyl (C=O) groups is 3. The van der Waals surface area contributed by atoms with Crippen LogP contribution < -0.4 is 10.6 Å². The molecule has 1 aromatic rings. The van der Waals surface area contributed by atoms with Gasteiger partial charge in [-0.1, -0.05) is 95.5 Å². The summed E-state index contributed by atoms with van der Waals surface area (Å²) in [6.45, 7) is 18.6. The van der Waals surface area contributed by atoms with Crippen molar-refractivity contribution >= 4 is 17.9 Å². The summed E-state index contributed by atoms with van der Waals surface area (Å²) in [7, 11) is 0. The lowest BCUT2D eigenvalue weighted by molar-refractivity contribution is -0.143. The second kappa shape index (κ2) is 17.2. The van der Waals surface area contributed by atoms with Gasteiger partial charge in [-0.2, -0.15) is 0 Å². The lowest BCUT2D eigenvalue weighted by Crippen LogP contribution is -2.55. The fourth-order valence-electron chi connectivity index (χ4n) is 4.67. The molecule has 3 unspecified atom stereocenters. The van der Waals surface area contributed by atoms with Crippen LogP contribution in [0.1, 0.15) is 123 Å². The zero-order valence-electron chi connectivity index (χ0n) is 26.1. The number of nitrogens with one attached hydrogen (secondary N) is 2. The van der Waals surface area contributed by atoms with Gasteiger partial charge in [-0.05, 0) is 58.9 Å². The third-order valence-electron chi connectivity index (χ3n) is 6.89. The zero-order valence-corrected chi connectivity index (χ0v) is 26.1. The molecule has 0 aromatic heterocycles. The van der Waals surface area contributed by atoms with Crippen molar-refractivity contribution in [2.45, 2.75) is 131 Å². The van der Waals surface area contributed by atoms with Crippen LogP contribution >= 0.6 is 0 Å². The van der Waals surface area contributed by atoms with Crippen LogP contribution in [-0.2, 0) is 14.3 Å². The minimum absolute atomic E-state index is 0.143. The number of rotatable bonds is 16. The third-order valence-corrected chi connectivity index (χ3v) is 6.89. The van der Waals surface area contributed by atoms with Gasteiger partial charge in [-0.15, -0.1) is 0 Å². The number of unbranched alkanes of at least 4 members (excludes halogenated alkanes) is 5. The van der Waals surface area contributed by atoms with Crippen molar-refractivity contribution in [1.82, 2.24) is 15.5 Å². The van der Waals surface area contributed by atoms with Gasteiger partial charge in [0.25, 0.3) is 0 Å². The van der Waals surface area contributed by atoms with E-state index in [0.29, 0.717) is 19.5 Å². The van der Waals surface area contributed by atoms with Gasteiger partial charge >= 0.3 is 6.09 Å². The number of amides is 3. The van der Waals surface area contributed by atoms with Gasteiger partial charge in [0.1, 0.15) is 17.7 Å². The van der Waals surface area contributed by atoms with Crippen molar-refractivity contribution in [3.05, 3.63) is 34.9 Å². The van der Waals surface area contributed by atoms with Crippen molar-refractivity contribution in [3.63, 3.8) is 0 Å². The molecule has 7 heteroatoms. The van der Waals surface area contributed by atoms with Gasteiger partial charge in [-0.25, -0.2) is 4.79 Å².